The second-order valence-corrected chi connectivity index (χ2v) is 7.32. The molecule has 20 heavy (non-hydrogen) atoms. The summed E-state index contributed by atoms with van der Waals surface area (Å²) in [5, 5.41) is 3.77. The molecule has 0 bridgehead atoms. The summed E-state index contributed by atoms with van der Waals surface area (Å²) in [5.74, 6) is 2.92. The number of hydrogen-bond donors (Lipinski definition) is 1. The Hall–Kier alpha value is -0.0800. The summed E-state index contributed by atoms with van der Waals surface area (Å²) >= 11 is 0. The van der Waals surface area contributed by atoms with Crippen LogP contribution in [0, 0.1) is 17.8 Å². The Morgan fingerprint density at radius 3 is 2.50 bits per heavy atom. The van der Waals surface area contributed by atoms with Gasteiger partial charge < -0.3 is 10.1 Å². The molecule has 4 unspecified atom stereocenters. The zero-order valence-corrected chi connectivity index (χ0v) is 13.9. The second kappa shape index (κ2) is 8.38. The van der Waals surface area contributed by atoms with Gasteiger partial charge in [0.2, 0.25) is 0 Å². The Balaban J connectivity index is 1.86. The van der Waals surface area contributed by atoms with Gasteiger partial charge in [-0.2, -0.15) is 0 Å². The van der Waals surface area contributed by atoms with Crippen molar-refractivity contribution in [2.75, 3.05) is 13.2 Å². The van der Waals surface area contributed by atoms with E-state index in [-0.39, 0.29) is 0 Å². The van der Waals surface area contributed by atoms with E-state index in [2.05, 4.69) is 26.1 Å². The van der Waals surface area contributed by atoms with E-state index in [1.165, 1.54) is 51.4 Å². The summed E-state index contributed by atoms with van der Waals surface area (Å²) in [6.45, 7) is 8.59. The highest BCUT2D eigenvalue weighted by Crippen LogP contribution is 2.43. The van der Waals surface area contributed by atoms with Crippen LogP contribution in [-0.2, 0) is 4.74 Å². The molecule has 0 amide bonds. The van der Waals surface area contributed by atoms with Gasteiger partial charge in [0.25, 0.3) is 0 Å². The van der Waals surface area contributed by atoms with Crippen LogP contribution in [0.3, 0.4) is 0 Å². The third-order valence-corrected chi connectivity index (χ3v) is 5.41. The maximum Gasteiger partial charge on any atom is 0.0625 e. The fourth-order valence-corrected chi connectivity index (χ4v) is 4.26. The average Bonchev–Trinajstić information content (AvgIpc) is 2.46. The van der Waals surface area contributed by atoms with Crippen LogP contribution < -0.4 is 5.32 Å². The first kappa shape index (κ1) is 16.3. The summed E-state index contributed by atoms with van der Waals surface area (Å²) in [6.07, 6.45) is 11.9. The second-order valence-electron chi connectivity index (χ2n) is 7.32. The van der Waals surface area contributed by atoms with Gasteiger partial charge in [-0.25, -0.2) is 0 Å². The molecule has 4 atom stereocenters. The van der Waals surface area contributed by atoms with E-state index < -0.39 is 0 Å². The van der Waals surface area contributed by atoms with Gasteiger partial charge >= 0.3 is 0 Å². The number of fused-ring (bicyclic) bond motifs is 1. The first-order valence-electron chi connectivity index (χ1n) is 9.05. The molecule has 2 saturated carbocycles. The maximum atomic E-state index is 5.93. The largest absolute Gasteiger partial charge is 0.377 e. The van der Waals surface area contributed by atoms with Crippen molar-refractivity contribution < 1.29 is 4.74 Å². The quantitative estimate of drug-likeness (QED) is 0.747. The number of nitrogens with one attached hydrogen (secondary N) is 1. The normalized spacial score (nSPS) is 32.1. The molecule has 0 heterocycles. The molecule has 0 aromatic rings. The molecule has 1 N–H and O–H groups in total. The predicted molar refractivity (Wildman–Crippen MR) is 86.0 cm³/mol. The molecule has 0 aromatic carbocycles. The molecule has 2 aliphatic rings. The average molecular weight is 281 g/mol. The maximum absolute atomic E-state index is 5.93. The highest BCUT2D eigenvalue weighted by atomic mass is 16.5. The predicted octanol–water partition coefficient (Wildman–Crippen LogP) is 4.39. The van der Waals surface area contributed by atoms with Crippen molar-refractivity contribution in [3.05, 3.63) is 0 Å². The Kier molecular flexibility index (Phi) is 6.83. The highest BCUT2D eigenvalue weighted by molar-refractivity contribution is 4.88. The molecule has 118 valence electrons. The standard InChI is InChI=1S/C18H35NO/c1-4-11-19-18(13-20-14(2)3)17-10-9-15-7-5-6-8-16(15)12-17/h14-19H,4-13H2,1-3H3. The van der Waals surface area contributed by atoms with E-state index in [9.17, 15) is 0 Å². The van der Waals surface area contributed by atoms with Crippen molar-refractivity contribution >= 4 is 0 Å². The summed E-state index contributed by atoms with van der Waals surface area (Å²) in [4.78, 5) is 0. The van der Waals surface area contributed by atoms with E-state index in [1.54, 1.807) is 0 Å². The monoisotopic (exact) mass is 281 g/mol. The van der Waals surface area contributed by atoms with Gasteiger partial charge in [0.15, 0.2) is 0 Å². The van der Waals surface area contributed by atoms with Gasteiger partial charge in [0, 0.05) is 6.04 Å². The molecule has 2 rings (SSSR count). The van der Waals surface area contributed by atoms with Crippen LogP contribution >= 0.6 is 0 Å². The topological polar surface area (TPSA) is 21.3 Å². The van der Waals surface area contributed by atoms with Crippen LogP contribution in [0.5, 0.6) is 0 Å². The van der Waals surface area contributed by atoms with Gasteiger partial charge in [-0.3, -0.25) is 0 Å². The molecular formula is C18H35NO. The third-order valence-electron chi connectivity index (χ3n) is 5.41. The van der Waals surface area contributed by atoms with Crippen LogP contribution in [-0.4, -0.2) is 25.3 Å². The Bertz CT molecular complexity index is 266. The Morgan fingerprint density at radius 2 is 1.80 bits per heavy atom. The molecule has 0 radical (unpaired) electrons. The number of ether oxygens (including phenoxy) is 1. The Labute approximate surface area is 126 Å². The molecular weight excluding hydrogens is 246 g/mol. The fourth-order valence-electron chi connectivity index (χ4n) is 4.26. The minimum Gasteiger partial charge on any atom is -0.377 e. The summed E-state index contributed by atoms with van der Waals surface area (Å²) in [6, 6.07) is 0.584. The summed E-state index contributed by atoms with van der Waals surface area (Å²) < 4.78 is 5.93. The molecule has 0 spiro atoms. The summed E-state index contributed by atoms with van der Waals surface area (Å²) in [5.41, 5.74) is 0. The van der Waals surface area contributed by atoms with Gasteiger partial charge in [-0.05, 0) is 63.8 Å². The summed E-state index contributed by atoms with van der Waals surface area (Å²) in [7, 11) is 0. The molecule has 2 aliphatic carbocycles. The van der Waals surface area contributed by atoms with E-state index >= 15 is 0 Å². The van der Waals surface area contributed by atoms with Crippen LogP contribution in [0.15, 0.2) is 0 Å². The van der Waals surface area contributed by atoms with Crippen LogP contribution in [0.25, 0.3) is 0 Å². The van der Waals surface area contributed by atoms with Crippen molar-refractivity contribution in [2.24, 2.45) is 17.8 Å². The fraction of sp³-hybridized carbons (Fsp3) is 1.00. The zero-order valence-electron chi connectivity index (χ0n) is 13.9. The minimum atomic E-state index is 0.354. The third kappa shape index (κ3) is 4.73. The SMILES string of the molecule is CCCNC(COC(C)C)C1CCC2CCCCC2C1. The lowest BCUT2D eigenvalue weighted by molar-refractivity contribution is 0.0278. The number of hydrogen-bond acceptors (Lipinski definition) is 2. The van der Waals surface area contributed by atoms with Crippen molar-refractivity contribution in [1.82, 2.24) is 5.32 Å². The first-order valence-corrected chi connectivity index (χ1v) is 9.05. The molecule has 2 nitrogen and oxygen atoms in total. The lowest BCUT2D eigenvalue weighted by Gasteiger charge is -2.42. The van der Waals surface area contributed by atoms with Gasteiger partial charge in [-0.1, -0.05) is 32.6 Å². The van der Waals surface area contributed by atoms with Crippen LogP contribution in [0.1, 0.15) is 72.1 Å². The van der Waals surface area contributed by atoms with Gasteiger partial charge in [0.1, 0.15) is 0 Å². The van der Waals surface area contributed by atoms with Gasteiger partial charge in [0.05, 0.1) is 12.7 Å². The van der Waals surface area contributed by atoms with E-state index in [0.717, 1.165) is 30.9 Å². The molecule has 0 aromatic heterocycles. The van der Waals surface area contributed by atoms with Crippen molar-refractivity contribution in [3.8, 4) is 0 Å². The van der Waals surface area contributed by atoms with Crippen LogP contribution in [0.2, 0.25) is 0 Å². The smallest absolute Gasteiger partial charge is 0.0625 e. The lowest BCUT2D eigenvalue weighted by atomic mass is 9.66. The van der Waals surface area contributed by atoms with E-state index in [0.29, 0.717) is 12.1 Å². The number of rotatable bonds is 7. The lowest BCUT2D eigenvalue weighted by Crippen LogP contribution is -2.44. The molecule has 2 heteroatoms. The molecule has 0 saturated heterocycles. The molecule has 2 fully saturated rings. The first-order chi connectivity index (χ1) is 9.70. The van der Waals surface area contributed by atoms with Gasteiger partial charge in [-0.15, -0.1) is 0 Å². The van der Waals surface area contributed by atoms with E-state index in [4.69, 9.17) is 4.74 Å². The van der Waals surface area contributed by atoms with Crippen molar-refractivity contribution in [1.29, 1.82) is 0 Å². The highest BCUT2D eigenvalue weighted by Gasteiger charge is 2.35. The van der Waals surface area contributed by atoms with Crippen molar-refractivity contribution in [2.45, 2.75) is 84.3 Å². The van der Waals surface area contributed by atoms with E-state index in [1.807, 2.05) is 0 Å². The zero-order chi connectivity index (χ0) is 14.4. The molecule has 0 aliphatic heterocycles. The van der Waals surface area contributed by atoms with Crippen molar-refractivity contribution in [3.63, 3.8) is 0 Å². The Morgan fingerprint density at radius 1 is 1.05 bits per heavy atom. The minimum absolute atomic E-state index is 0.354. The van der Waals surface area contributed by atoms with Crippen LogP contribution in [0.4, 0.5) is 0 Å².